The van der Waals surface area contributed by atoms with Crippen LogP contribution in [0.1, 0.15) is 27.2 Å². The summed E-state index contributed by atoms with van der Waals surface area (Å²) in [4.78, 5) is 41.4. The number of imide groups is 1. The number of amides is 3. The third-order valence-electron chi connectivity index (χ3n) is 6.09. The average molecular weight is 403 g/mol. The van der Waals surface area contributed by atoms with Crippen molar-refractivity contribution in [2.24, 2.45) is 11.8 Å². The van der Waals surface area contributed by atoms with Crippen molar-refractivity contribution >= 4 is 23.6 Å². The second kappa shape index (κ2) is 7.00. The predicted octanol–water partition coefficient (Wildman–Crippen LogP) is 1.86. The number of anilines is 1. The van der Waals surface area contributed by atoms with E-state index < -0.39 is 29.8 Å². The molecule has 9 nitrogen and oxygen atoms in total. The molecule has 3 aliphatic rings. The van der Waals surface area contributed by atoms with Crippen molar-refractivity contribution in [3.8, 4) is 5.75 Å². The fourth-order valence-corrected chi connectivity index (χ4v) is 5.04. The van der Waals surface area contributed by atoms with Crippen molar-refractivity contribution in [2.45, 2.75) is 44.9 Å². The van der Waals surface area contributed by atoms with Gasteiger partial charge in [-0.1, -0.05) is 6.92 Å². The Bertz CT molecular complexity index is 843. The van der Waals surface area contributed by atoms with Gasteiger partial charge in [0.25, 0.3) is 5.91 Å². The highest BCUT2D eigenvalue weighted by Gasteiger charge is 2.67. The van der Waals surface area contributed by atoms with Crippen LogP contribution in [0.4, 0.5) is 10.5 Å². The summed E-state index contributed by atoms with van der Waals surface area (Å²) in [5, 5.41) is 8.91. The van der Waals surface area contributed by atoms with Crippen LogP contribution in [0.25, 0.3) is 0 Å². The number of nitrogens with zero attached hydrogens (tertiary/aromatic N) is 2. The van der Waals surface area contributed by atoms with Crippen LogP contribution in [-0.2, 0) is 14.3 Å². The Morgan fingerprint density at radius 1 is 1.31 bits per heavy atom. The molecule has 0 bridgehead atoms. The summed E-state index contributed by atoms with van der Waals surface area (Å²) < 4.78 is 11.7. The van der Waals surface area contributed by atoms with E-state index in [9.17, 15) is 14.4 Å². The van der Waals surface area contributed by atoms with Crippen molar-refractivity contribution in [2.75, 3.05) is 18.6 Å². The molecule has 29 heavy (non-hydrogen) atoms. The molecule has 3 saturated heterocycles. The molecule has 1 unspecified atom stereocenters. The summed E-state index contributed by atoms with van der Waals surface area (Å²) in [6.45, 7) is 6.31. The van der Waals surface area contributed by atoms with Crippen LogP contribution in [0, 0.1) is 11.8 Å². The van der Waals surface area contributed by atoms with E-state index in [1.165, 1.54) is 4.90 Å². The monoisotopic (exact) mass is 403 g/mol. The standard InChI is InChI=1S/C20H25N3O6/c1-4-22-17(24)14-15(18(22)25)29-20(3)9-11(2)10-23(16(14)20)19(26)28-13-7-5-12(21-27)6-8-13/h5-8,11,14-16,21,27H,4,9-10H2,1-3H3/t11-,14?,15-,16-,20-/m0/s1. The zero-order valence-electron chi connectivity index (χ0n) is 16.6. The predicted molar refractivity (Wildman–Crippen MR) is 101 cm³/mol. The van der Waals surface area contributed by atoms with Crippen molar-refractivity contribution in [1.29, 1.82) is 0 Å². The zero-order valence-corrected chi connectivity index (χ0v) is 16.6. The summed E-state index contributed by atoms with van der Waals surface area (Å²) in [6, 6.07) is 5.68. The minimum atomic E-state index is -0.854. The van der Waals surface area contributed by atoms with E-state index in [4.69, 9.17) is 14.7 Å². The van der Waals surface area contributed by atoms with E-state index in [1.807, 2.05) is 19.3 Å². The van der Waals surface area contributed by atoms with E-state index in [-0.39, 0.29) is 24.3 Å². The fourth-order valence-electron chi connectivity index (χ4n) is 5.04. The van der Waals surface area contributed by atoms with Gasteiger partial charge in [0.1, 0.15) is 5.75 Å². The number of carbonyl (C=O) groups is 3. The molecule has 1 aromatic rings. The van der Waals surface area contributed by atoms with Gasteiger partial charge in [-0.3, -0.25) is 25.2 Å². The lowest BCUT2D eigenvalue weighted by atomic mass is 9.77. The Morgan fingerprint density at radius 2 is 2.00 bits per heavy atom. The highest BCUT2D eigenvalue weighted by atomic mass is 16.6. The van der Waals surface area contributed by atoms with Gasteiger partial charge in [0, 0.05) is 13.1 Å². The van der Waals surface area contributed by atoms with Crippen molar-refractivity contribution < 1.29 is 29.1 Å². The molecule has 4 rings (SSSR count). The molecule has 0 spiro atoms. The third-order valence-corrected chi connectivity index (χ3v) is 6.09. The number of rotatable bonds is 3. The molecule has 3 aliphatic heterocycles. The number of carbonyl (C=O) groups excluding carboxylic acids is 3. The largest absolute Gasteiger partial charge is 0.415 e. The second-order valence-corrected chi connectivity index (χ2v) is 8.21. The van der Waals surface area contributed by atoms with E-state index >= 15 is 0 Å². The molecule has 0 saturated carbocycles. The van der Waals surface area contributed by atoms with Gasteiger partial charge in [-0.2, -0.15) is 0 Å². The number of hydrogen-bond acceptors (Lipinski definition) is 7. The van der Waals surface area contributed by atoms with Gasteiger partial charge in [0.15, 0.2) is 6.10 Å². The van der Waals surface area contributed by atoms with Gasteiger partial charge >= 0.3 is 6.09 Å². The Hall–Kier alpha value is -2.65. The number of hydrogen-bond donors (Lipinski definition) is 2. The molecular weight excluding hydrogens is 378 g/mol. The lowest BCUT2D eigenvalue weighted by Gasteiger charge is -2.46. The smallest absolute Gasteiger partial charge is 0.410 e. The van der Waals surface area contributed by atoms with Crippen molar-refractivity contribution in [1.82, 2.24) is 9.80 Å². The van der Waals surface area contributed by atoms with Crippen LogP contribution in [0.5, 0.6) is 5.75 Å². The average Bonchev–Trinajstić information content (AvgIpc) is 3.11. The lowest BCUT2D eigenvalue weighted by molar-refractivity contribution is -0.151. The van der Waals surface area contributed by atoms with Gasteiger partial charge in [-0.15, -0.1) is 0 Å². The zero-order chi connectivity index (χ0) is 20.9. The minimum Gasteiger partial charge on any atom is -0.410 e. The van der Waals surface area contributed by atoms with Gasteiger partial charge < -0.3 is 14.4 Å². The van der Waals surface area contributed by atoms with Crippen molar-refractivity contribution in [3.63, 3.8) is 0 Å². The summed E-state index contributed by atoms with van der Waals surface area (Å²) in [6.07, 6.45) is -0.789. The highest BCUT2D eigenvalue weighted by molar-refractivity contribution is 6.07. The first kappa shape index (κ1) is 19.7. The maximum absolute atomic E-state index is 13.1. The topological polar surface area (TPSA) is 108 Å². The van der Waals surface area contributed by atoms with Crippen LogP contribution in [-0.4, -0.2) is 63.8 Å². The van der Waals surface area contributed by atoms with Gasteiger partial charge in [-0.25, -0.2) is 4.79 Å². The van der Waals surface area contributed by atoms with Crippen LogP contribution in [0.3, 0.4) is 0 Å². The first-order chi connectivity index (χ1) is 13.8. The minimum absolute atomic E-state index is 0.121. The van der Waals surface area contributed by atoms with E-state index in [0.717, 1.165) is 0 Å². The number of benzene rings is 1. The van der Waals surface area contributed by atoms with Crippen LogP contribution < -0.4 is 10.2 Å². The first-order valence-corrected chi connectivity index (χ1v) is 9.80. The molecule has 9 heteroatoms. The fraction of sp³-hybridized carbons (Fsp3) is 0.550. The number of likely N-dealkylation sites (N-methyl/N-ethyl adjacent to an activating group) is 1. The van der Waals surface area contributed by atoms with E-state index in [0.29, 0.717) is 24.4 Å². The Kier molecular flexibility index (Phi) is 4.74. The molecule has 0 aromatic heterocycles. The van der Waals surface area contributed by atoms with Crippen LogP contribution in [0.15, 0.2) is 24.3 Å². The molecule has 3 heterocycles. The summed E-state index contributed by atoms with van der Waals surface area (Å²) in [5.74, 6) is -0.897. The maximum Gasteiger partial charge on any atom is 0.415 e. The number of nitrogens with one attached hydrogen (secondary N) is 1. The molecule has 3 fully saturated rings. The maximum atomic E-state index is 13.1. The summed E-state index contributed by atoms with van der Waals surface area (Å²) in [7, 11) is 0. The molecule has 1 aromatic carbocycles. The summed E-state index contributed by atoms with van der Waals surface area (Å²) >= 11 is 0. The highest BCUT2D eigenvalue weighted by Crippen LogP contribution is 2.49. The van der Waals surface area contributed by atoms with Gasteiger partial charge in [-0.05, 0) is 50.5 Å². The Morgan fingerprint density at radius 3 is 2.62 bits per heavy atom. The van der Waals surface area contributed by atoms with Gasteiger partial charge in [0.05, 0.1) is 23.2 Å². The number of likely N-dealkylation sites (tertiary alicyclic amines) is 2. The normalized spacial score (nSPS) is 33.5. The number of piperidine rings is 1. The third kappa shape index (κ3) is 3.05. The molecule has 2 N–H and O–H groups in total. The molecule has 0 radical (unpaired) electrons. The number of fused-ring (bicyclic) bond motifs is 3. The van der Waals surface area contributed by atoms with Gasteiger partial charge in [0.2, 0.25) is 5.91 Å². The summed E-state index contributed by atoms with van der Waals surface area (Å²) in [5.41, 5.74) is 1.69. The first-order valence-electron chi connectivity index (χ1n) is 9.80. The quantitative estimate of drug-likeness (QED) is 0.586. The van der Waals surface area contributed by atoms with Crippen LogP contribution >= 0.6 is 0 Å². The molecule has 156 valence electrons. The number of ether oxygens (including phenoxy) is 2. The Labute approximate surface area is 168 Å². The lowest BCUT2D eigenvalue weighted by Crippen LogP contribution is -2.61. The van der Waals surface area contributed by atoms with Crippen LogP contribution in [0.2, 0.25) is 0 Å². The molecule has 5 atom stereocenters. The van der Waals surface area contributed by atoms with Crippen molar-refractivity contribution in [3.05, 3.63) is 24.3 Å². The van der Waals surface area contributed by atoms with E-state index in [2.05, 4.69) is 0 Å². The molecular formula is C20H25N3O6. The molecule has 3 amide bonds. The second-order valence-electron chi connectivity index (χ2n) is 8.21. The van der Waals surface area contributed by atoms with E-state index in [1.54, 1.807) is 36.1 Å². The SMILES string of the molecule is CCN1C(=O)C2[C@H](O[C@@]3(C)C[C@H](C)CN(C(=O)Oc4ccc(NO)cc4)[C@@H]23)C1=O. The molecule has 0 aliphatic carbocycles. The Balaban J connectivity index is 1.62.